The van der Waals surface area contributed by atoms with Gasteiger partial charge in [0.2, 0.25) is 0 Å². The molecule has 0 radical (unpaired) electrons. The van der Waals surface area contributed by atoms with Crippen molar-refractivity contribution in [1.82, 2.24) is 9.55 Å². The van der Waals surface area contributed by atoms with E-state index >= 15 is 0 Å². The molecule has 0 N–H and O–H groups in total. The molecule has 1 aromatic heterocycles. The largest absolute Gasteiger partial charge is 0.328 e. The van der Waals surface area contributed by atoms with Crippen LogP contribution in [0.3, 0.4) is 0 Å². The summed E-state index contributed by atoms with van der Waals surface area (Å²) in [5.41, 5.74) is 1.91. The van der Waals surface area contributed by atoms with Gasteiger partial charge >= 0.3 is 0 Å². The molecule has 0 saturated heterocycles. The van der Waals surface area contributed by atoms with Crippen LogP contribution in [0.25, 0.3) is 0 Å². The molecule has 1 aliphatic rings. The Balaban J connectivity index is 2.60. The second-order valence-electron chi connectivity index (χ2n) is 5.02. The van der Waals surface area contributed by atoms with Crippen LogP contribution in [0.15, 0.2) is 12.5 Å². The van der Waals surface area contributed by atoms with Crippen LogP contribution >= 0.6 is 0 Å². The van der Waals surface area contributed by atoms with E-state index in [9.17, 15) is 0 Å². The van der Waals surface area contributed by atoms with E-state index in [-0.39, 0.29) is 5.54 Å². The topological polar surface area (TPSA) is 17.8 Å². The molecular weight excluding hydrogens is 148 g/mol. The van der Waals surface area contributed by atoms with Gasteiger partial charge in [-0.1, -0.05) is 13.8 Å². The van der Waals surface area contributed by atoms with Crippen molar-refractivity contribution >= 4 is 0 Å². The van der Waals surface area contributed by atoms with Crippen molar-refractivity contribution in [2.75, 3.05) is 0 Å². The van der Waals surface area contributed by atoms with Crippen LogP contribution in [0.4, 0.5) is 0 Å². The Labute approximate surface area is 73.6 Å². The summed E-state index contributed by atoms with van der Waals surface area (Å²) in [6, 6.07) is 0. The van der Waals surface area contributed by atoms with Gasteiger partial charge in [0.1, 0.15) is 0 Å². The van der Waals surface area contributed by atoms with Crippen molar-refractivity contribution in [2.45, 2.75) is 45.1 Å². The molecule has 0 bridgehead atoms. The SMILES string of the molecule is CC1(C)CC(C)(C)n2cncc21. The summed E-state index contributed by atoms with van der Waals surface area (Å²) in [5, 5.41) is 0. The molecular formula is C10H16N2. The number of hydrogen-bond donors (Lipinski definition) is 0. The zero-order chi connectivity index (χ0) is 8.98. The Hall–Kier alpha value is -0.790. The Morgan fingerprint density at radius 1 is 1.33 bits per heavy atom. The fraction of sp³-hybridized carbons (Fsp3) is 0.700. The summed E-state index contributed by atoms with van der Waals surface area (Å²) in [7, 11) is 0. The monoisotopic (exact) mass is 164 g/mol. The normalized spacial score (nSPS) is 24.0. The highest BCUT2D eigenvalue weighted by molar-refractivity contribution is 5.21. The number of nitrogens with zero attached hydrogens (tertiary/aromatic N) is 2. The number of aromatic nitrogens is 2. The van der Waals surface area contributed by atoms with Crippen molar-refractivity contribution in [1.29, 1.82) is 0 Å². The second kappa shape index (κ2) is 1.93. The summed E-state index contributed by atoms with van der Waals surface area (Å²) in [6.45, 7) is 9.12. The Morgan fingerprint density at radius 3 is 2.58 bits per heavy atom. The van der Waals surface area contributed by atoms with E-state index in [1.165, 1.54) is 12.1 Å². The van der Waals surface area contributed by atoms with Crippen molar-refractivity contribution in [3.63, 3.8) is 0 Å². The molecule has 0 atom stereocenters. The summed E-state index contributed by atoms with van der Waals surface area (Å²) in [5.74, 6) is 0. The molecule has 0 aromatic carbocycles. The van der Waals surface area contributed by atoms with Gasteiger partial charge in [0.15, 0.2) is 0 Å². The summed E-state index contributed by atoms with van der Waals surface area (Å²) in [4.78, 5) is 4.20. The molecule has 2 nitrogen and oxygen atoms in total. The van der Waals surface area contributed by atoms with Gasteiger partial charge < -0.3 is 4.57 Å². The van der Waals surface area contributed by atoms with Gasteiger partial charge in [-0.25, -0.2) is 4.98 Å². The smallest absolute Gasteiger partial charge is 0.0953 e. The first-order valence-corrected chi connectivity index (χ1v) is 4.47. The van der Waals surface area contributed by atoms with Crippen LogP contribution in [-0.2, 0) is 11.0 Å². The minimum Gasteiger partial charge on any atom is -0.328 e. The van der Waals surface area contributed by atoms with E-state index in [4.69, 9.17) is 0 Å². The summed E-state index contributed by atoms with van der Waals surface area (Å²) < 4.78 is 2.30. The van der Waals surface area contributed by atoms with Crippen LogP contribution in [0.2, 0.25) is 0 Å². The third kappa shape index (κ3) is 0.838. The first-order valence-electron chi connectivity index (χ1n) is 4.47. The van der Waals surface area contributed by atoms with Gasteiger partial charge in [-0.05, 0) is 20.3 Å². The molecule has 1 aromatic rings. The molecule has 2 heteroatoms. The molecule has 2 rings (SSSR count). The van der Waals surface area contributed by atoms with Crippen LogP contribution in [-0.4, -0.2) is 9.55 Å². The maximum atomic E-state index is 4.20. The number of imidazole rings is 1. The molecule has 66 valence electrons. The van der Waals surface area contributed by atoms with Crippen molar-refractivity contribution in [2.24, 2.45) is 0 Å². The highest BCUT2D eigenvalue weighted by atomic mass is 15.1. The molecule has 0 unspecified atom stereocenters. The van der Waals surface area contributed by atoms with E-state index in [1.54, 1.807) is 0 Å². The quantitative estimate of drug-likeness (QED) is 0.575. The first-order chi connectivity index (χ1) is 5.43. The molecule has 0 spiro atoms. The molecule has 2 heterocycles. The second-order valence-corrected chi connectivity index (χ2v) is 5.02. The Morgan fingerprint density at radius 2 is 2.00 bits per heavy atom. The van der Waals surface area contributed by atoms with Gasteiger partial charge in [-0.2, -0.15) is 0 Å². The van der Waals surface area contributed by atoms with Gasteiger partial charge in [0, 0.05) is 22.8 Å². The number of rotatable bonds is 0. The first kappa shape index (κ1) is 7.84. The minimum atomic E-state index is 0.245. The summed E-state index contributed by atoms with van der Waals surface area (Å²) >= 11 is 0. The zero-order valence-corrected chi connectivity index (χ0v) is 8.26. The van der Waals surface area contributed by atoms with E-state index < -0.39 is 0 Å². The molecule has 0 amide bonds. The van der Waals surface area contributed by atoms with E-state index in [1.807, 2.05) is 12.5 Å². The molecule has 12 heavy (non-hydrogen) atoms. The van der Waals surface area contributed by atoms with Crippen molar-refractivity contribution in [3.8, 4) is 0 Å². The lowest BCUT2D eigenvalue weighted by atomic mass is 9.83. The predicted octanol–water partition coefficient (Wildman–Crippen LogP) is 2.30. The Kier molecular flexibility index (Phi) is 1.26. The zero-order valence-electron chi connectivity index (χ0n) is 8.26. The predicted molar refractivity (Wildman–Crippen MR) is 49.2 cm³/mol. The molecule has 1 aliphatic heterocycles. The Bertz CT molecular complexity index is 279. The van der Waals surface area contributed by atoms with Crippen molar-refractivity contribution in [3.05, 3.63) is 18.2 Å². The van der Waals surface area contributed by atoms with Crippen molar-refractivity contribution < 1.29 is 0 Å². The van der Waals surface area contributed by atoms with Gasteiger partial charge in [0.05, 0.1) is 6.33 Å². The average Bonchev–Trinajstić information content (AvgIpc) is 2.34. The highest BCUT2D eigenvalue weighted by Gasteiger charge is 2.41. The fourth-order valence-corrected chi connectivity index (χ4v) is 2.54. The van der Waals surface area contributed by atoms with Crippen LogP contribution < -0.4 is 0 Å². The maximum Gasteiger partial charge on any atom is 0.0953 e. The van der Waals surface area contributed by atoms with Gasteiger partial charge in [-0.15, -0.1) is 0 Å². The van der Waals surface area contributed by atoms with Crippen LogP contribution in [0, 0.1) is 0 Å². The van der Waals surface area contributed by atoms with Crippen LogP contribution in [0.5, 0.6) is 0 Å². The van der Waals surface area contributed by atoms with E-state index in [0.29, 0.717) is 5.41 Å². The summed E-state index contributed by atoms with van der Waals surface area (Å²) in [6.07, 6.45) is 5.15. The fourth-order valence-electron chi connectivity index (χ4n) is 2.54. The average molecular weight is 164 g/mol. The number of hydrogen-bond acceptors (Lipinski definition) is 1. The standard InChI is InChI=1S/C10H16N2/c1-9(2)6-10(3,4)12-7-11-5-8(9)12/h5,7H,6H2,1-4H3. The minimum absolute atomic E-state index is 0.245. The van der Waals surface area contributed by atoms with E-state index in [0.717, 1.165) is 0 Å². The lowest BCUT2D eigenvalue weighted by Crippen LogP contribution is -2.22. The third-order valence-corrected chi connectivity index (χ3v) is 2.86. The lowest BCUT2D eigenvalue weighted by Gasteiger charge is -2.22. The van der Waals surface area contributed by atoms with Gasteiger partial charge in [-0.3, -0.25) is 0 Å². The van der Waals surface area contributed by atoms with E-state index in [2.05, 4.69) is 37.2 Å². The maximum absolute atomic E-state index is 4.20. The molecule has 0 aliphatic carbocycles. The third-order valence-electron chi connectivity index (χ3n) is 2.86. The van der Waals surface area contributed by atoms with Gasteiger partial charge in [0.25, 0.3) is 0 Å². The lowest BCUT2D eigenvalue weighted by molar-refractivity contribution is 0.332. The van der Waals surface area contributed by atoms with Crippen LogP contribution in [0.1, 0.15) is 39.8 Å². The molecule has 0 fully saturated rings. The number of fused-ring (bicyclic) bond motifs is 1. The highest BCUT2D eigenvalue weighted by Crippen LogP contribution is 2.43. The molecule has 0 saturated carbocycles.